The number of carbonyl (C=O) groups is 1. The predicted octanol–water partition coefficient (Wildman–Crippen LogP) is 5.32. The summed E-state index contributed by atoms with van der Waals surface area (Å²) in [5, 5.41) is 6.06. The summed E-state index contributed by atoms with van der Waals surface area (Å²) < 4.78 is 32.5. The van der Waals surface area contributed by atoms with Crippen molar-refractivity contribution < 1.29 is 13.6 Å². The third kappa shape index (κ3) is 5.36. The van der Waals surface area contributed by atoms with Gasteiger partial charge in [0.05, 0.1) is 16.6 Å². The van der Waals surface area contributed by atoms with E-state index < -0.39 is 41.1 Å². The maximum absolute atomic E-state index is 15.6. The first-order valence-corrected chi connectivity index (χ1v) is 12.9. The summed E-state index contributed by atoms with van der Waals surface area (Å²) in [5.74, 6) is -3.03. The van der Waals surface area contributed by atoms with Gasteiger partial charge in [-0.3, -0.25) is 9.59 Å². The highest BCUT2D eigenvalue weighted by Gasteiger charge is 2.58. The van der Waals surface area contributed by atoms with E-state index in [9.17, 15) is 9.59 Å². The molecule has 202 valence electrons. The zero-order valence-electron chi connectivity index (χ0n) is 21.5. The number of nitrogens with zero attached hydrogens (tertiary/aromatic N) is 1. The summed E-state index contributed by atoms with van der Waals surface area (Å²) in [4.78, 5) is 25.9. The third-order valence-corrected chi connectivity index (χ3v) is 7.52. The molecule has 4 atom stereocenters. The van der Waals surface area contributed by atoms with Gasteiger partial charge in [0.2, 0.25) is 5.91 Å². The maximum atomic E-state index is 15.6. The zero-order valence-corrected chi connectivity index (χ0v) is 23.0. The summed E-state index contributed by atoms with van der Waals surface area (Å²) in [7, 11) is 1.59. The second-order valence-electron chi connectivity index (χ2n) is 11.0. The molecule has 1 amide bonds. The molecule has 0 saturated carbocycles. The molecule has 38 heavy (non-hydrogen) atoms. The van der Waals surface area contributed by atoms with Crippen molar-refractivity contribution in [3.63, 3.8) is 0 Å². The number of aryl methyl sites for hydroxylation is 1. The van der Waals surface area contributed by atoms with Crippen LogP contribution in [-0.4, -0.2) is 22.6 Å². The van der Waals surface area contributed by atoms with E-state index in [-0.39, 0.29) is 37.8 Å². The number of benzene rings is 2. The number of halogens is 4. The Morgan fingerprint density at radius 2 is 1.87 bits per heavy atom. The van der Waals surface area contributed by atoms with Crippen LogP contribution >= 0.6 is 23.2 Å². The van der Waals surface area contributed by atoms with Crippen LogP contribution < -0.4 is 21.9 Å². The summed E-state index contributed by atoms with van der Waals surface area (Å²) in [5.41, 5.74) is 5.40. The first-order chi connectivity index (χ1) is 17.7. The second kappa shape index (κ2) is 10.4. The van der Waals surface area contributed by atoms with Crippen LogP contribution in [0.1, 0.15) is 44.2 Å². The van der Waals surface area contributed by atoms with Gasteiger partial charge in [-0.1, -0.05) is 62.2 Å². The summed E-state index contributed by atoms with van der Waals surface area (Å²) in [6.07, 6.45) is 1.95. The first kappa shape index (κ1) is 28.2. The largest absolute Gasteiger partial charge is 0.324 e. The van der Waals surface area contributed by atoms with Crippen molar-refractivity contribution in [2.24, 2.45) is 18.2 Å². The second-order valence-corrected chi connectivity index (χ2v) is 11.8. The Kier molecular flexibility index (Phi) is 7.74. The van der Waals surface area contributed by atoms with Gasteiger partial charge in [0.1, 0.15) is 11.6 Å². The molecule has 0 spiro atoms. The lowest BCUT2D eigenvalue weighted by Gasteiger charge is -2.40. The van der Waals surface area contributed by atoms with E-state index in [1.54, 1.807) is 19.2 Å². The van der Waals surface area contributed by atoms with Crippen LogP contribution in [-0.2, 0) is 17.4 Å². The van der Waals surface area contributed by atoms with Crippen molar-refractivity contribution in [1.82, 2.24) is 9.88 Å². The van der Waals surface area contributed by atoms with E-state index in [1.807, 2.05) is 20.8 Å². The van der Waals surface area contributed by atoms with Gasteiger partial charge in [0, 0.05) is 47.5 Å². The molecular formula is C28H30Cl2F2N4O2. The van der Waals surface area contributed by atoms with Crippen molar-refractivity contribution >= 4 is 34.8 Å². The highest BCUT2D eigenvalue weighted by molar-refractivity contribution is 6.31. The van der Waals surface area contributed by atoms with Gasteiger partial charge in [-0.15, -0.1) is 0 Å². The Morgan fingerprint density at radius 1 is 1.16 bits per heavy atom. The standard InChI is InChI=1S/C28H30Cl2F2N4O2/c1-27(2,3)14-21-28(33,18-9-8-15(29)12-20(18)31)23(17-6-5-7-19(30)24(17)32)25(35-21)26(38)34-16-10-11-36(4)22(37)13-16/h5-13,21,23,25,35H,14,33H2,1-4H3,(H,34,38). The zero-order chi connectivity index (χ0) is 28.0. The number of hydrogen-bond donors (Lipinski definition) is 3. The van der Waals surface area contributed by atoms with Crippen LogP contribution in [0, 0.1) is 17.0 Å². The van der Waals surface area contributed by atoms with Crippen LogP contribution in [0.15, 0.2) is 59.5 Å². The number of nitrogens with two attached hydrogens (primary N) is 1. The molecule has 4 N–H and O–H groups in total. The van der Waals surface area contributed by atoms with Gasteiger partial charge in [-0.2, -0.15) is 0 Å². The summed E-state index contributed by atoms with van der Waals surface area (Å²) in [6, 6.07) is 9.71. The molecule has 2 heterocycles. The molecule has 0 aliphatic carbocycles. The number of rotatable bonds is 5. The van der Waals surface area contributed by atoms with E-state index >= 15 is 8.78 Å². The number of nitrogens with one attached hydrogen (secondary N) is 2. The fourth-order valence-electron chi connectivity index (χ4n) is 5.25. The lowest BCUT2D eigenvalue weighted by molar-refractivity contribution is -0.118. The Bertz CT molecular complexity index is 1440. The Balaban J connectivity index is 1.91. The van der Waals surface area contributed by atoms with E-state index in [1.165, 1.54) is 41.1 Å². The Hall–Kier alpha value is -2.78. The summed E-state index contributed by atoms with van der Waals surface area (Å²) >= 11 is 12.2. The van der Waals surface area contributed by atoms with Crippen LogP contribution in [0.3, 0.4) is 0 Å². The lowest BCUT2D eigenvalue weighted by Crippen LogP contribution is -2.52. The molecule has 10 heteroatoms. The molecule has 4 unspecified atom stereocenters. The molecule has 6 nitrogen and oxygen atoms in total. The highest BCUT2D eigenvalue weighted by Crippen LogP contribution is 2.50. The third-order valence-electron chi connectivity index (χ3n) is 6.99. The molecule has 1 saturated heterocycles. The van der Waals surface area contributed by atoms with E-state index in [0.717, 1.165) is 6.07 Å². The number of carbonyl (C=O) groups excluding carboxylic acids is 1. The van der Waals surface area contributed by atoms with Gasteiger partial charge < -0.3 is 20.9 Å². The van der Waals surface area contributed by atoms with Crippen molar-refractivity contribution in [3.05, 3.63) is 97.9 Å². The molecule has 3 aromatic rings. The van der Waals surface area contributed by atoms with E-state index in [0.29, 0.717) is 6.42 Å². The molecular weight excluding hydrogens is 533 g/mol. The average molecular weight is 563 g/mol. The van der Waals surface area contributed by atoms with Gasteiger partial charge in [0.25, 0.3) is 5.56 Å². The minimum Gasteiger partial charge on any atom is -0.324 e. The molecule has 0 bridgehead atoms. The van der Waals surface area contributed by atoms with E-state index in [2.05, 4.69) is 10.6 Å². The average Bonchev–Trinajstić information content (AvgIpc) is 3.09. The highest BCUT2D eigenvalue weighted by atomic mass is 35.5. The van der Waals surface area contributed by atoms with Crippen LogP contribution in [0.5, 0.6) is 0 Å². The number of pyridine rings is 1. The monoisotopic (exact) mass is 562 g/mol. The fraction of sp³-hybridized carbons (Fsp3) is 0.357. The lowest BCUT2D eigenvalue weighted by atomic mass is 9.68. The molecule has 2 aromatic carbocycles. The molecule has 1 aliphatic rings. The molecule has 1 aliphatic heterocycles. The Morgan fingerprint density at radius 3 is 2.50 bits per heavy atom. The molecule has 0 radical (unpaired) electrons. The maximum Gasteiger partial charge on any atom is 0.252 e. The van der Waals surface area contributed by atoms with Crippen molar-refractivity contribution in [2.75, 3.05) is 5.32 Å². The summed E-state index contributed by atoms with van der Waals surface area (Å²) in [6.45, 7) is 5.99. The number of amides is 1. The predicted molar refractivity (Wildman–Crippen MR) is 147 cm³/mol. The molecule has 1 fully saturated rings. The number of hydrogen-bond acceptors (Lipinski definition) is 4. The topological polar surface area (TPSA) is 89.2 Å². The van der Waals surface area contributed by atoms with E-state index in [4.69, 9.17) is 28.9 Å². The molecule has 4 rings (SSSR count). The normalized spacial score (nSPS) is 23.4. The molecule has 1 aromatic heterocycles. The van der Waals surface area contributed by atoms with Gasteiger partial charge in [0.15, 0.2) is 0 Å². The smallest absolute Gasteiger partial charge is 0.252 e. The van der Waals surface area contributed by atoms with Gasteiger partial charge in [-0.05, 0) is 41.7 Å². The van der Waals surface area contributed by atoms with Crippen molar-refractivity contribution in [1.29, 1.82) is 0 Å². The SMILES string of the molecule is Cn1ccc(NC(=O)C2NC(CC(C)(C)C)C(N)(c3ccc(Cl)cc3F)C2c2cccc(Cl)c2F)cc1=O. The van der Waals surface area contributed by atoms with Gasteiger partial charge >= 0.3 is 0 Å². The quantitative estimate of drug-likeness (QED) is 0.392. The minimum atomic E-state index is -1.58. The minimum absolute atomic E-state index is 0.0717. The van der Waals surface area contributed by atoms with Gasteiger partial charge in [-0.25, -0.2) is 8.78 Å². The van der Waals surface area contributed by atoms with Crippen molar-refractivity contribution in [2.45, 2.75) is 50.7 Å². The number of aromatic nitrogens is 1. The Labute approximate surface area is 230 Å². The fourth-order valence-corrected chi connectivity index (χ4v) is 5.59. The van der Waals surface area contributed by atoms with Crippen molar-refractivity contribution in [3.8, 4) is 0 Å². The van der Waals surface area contributed by atoms with Crippen LogP contribution in [0.4, 0.5) is 14.5 Å². The number of anilines is 1. The first-order valence-electron chi connectivity index (χ1n) is 12.1. The van der Waals surface area contributed by atoms with Crippen LogP contribution in [0.2, 0.25) is 10.0 Å². The van der Waals surface area contributed by atoms with Crippen LogP contribution in [0.25, 0.3) is 0 Å².